The van der Waals surface area contributed by atoms with Crippen LogP contribution in [0, 0.1) is 20.8 Å². The Bertz CT molecular complexity index is 606. The van der Waals surface area contributed by atoms with E-state index < -0.39 is 5.60 Å². The van der Waals surface area contributed by atoms with Crippen molar-refractivity contribution < 1.29 is 5.11 Å². The van der Waals surface area contributed by atoms with Gasteiger partial charge in [0, 0.05) is 10.9 Å². The van der Waals surface area contributed by atoms with Crippen LogP contribution in [0.15, 0.2) is 40.9 Å². The zero-order valence-electron chi connectivity index (χ0n) is 12.5. The molecule has 2 rings (SSSR count). The van der Waals surface area contributed by atoms with Crippen molar-refractivity contribution in [1.29, 1.82) is 0 Å². The van der Waals surface area contributed by atoms with Gasteiger partial charge in [-0.15, -0.1) is 0 Å². The number of aliphatic hydroxyl groups is 1. The van der Waals surface area contributed by atoms with Crippen molar-refractivity contribution in [3.05, 3.63) is 68.7 Å². The highest BCUT2D eigenvalue weighted by molar-refractivity contribution is 9.10. The molecule has 0 bridgehead atoms. The second-order valence-corrected chi connectivity index (χ2v) is 6.66. The zero-order chi connectivity index (χ0) is 14.9. The van der Waals surface area contributed by atoms with Crippen LogP contribution in [0.5, 0.6) is 0 Å². The Balaban J connectivity index is 2.41. The Morgan fingerprint density at radius 1 is 1.05 bits per heavy atom. The molecule has 0 fully saturated rings. The van der Waals surface area contributed by atoms with Gasteiger partial charge in [-0.05, 0) is 56.0 Å². The summed E-state index contributed by atoms with van der Waals surface area (Å²) in [6.07, 6.45) is 0.619. The number of aryl methyl sites for hydroxylation is 3. The Hall–Kier alpha value is -1.12. The summed E-state index contributed by atoms with van der Waals surface area (Å²) < 4.78 is 0.951. The maximum atomic E-state index is 10.9. The predicted molar refractivity (Wildman–Crippen MR) is 88.1 cm³/mol. The molecule has 0 saturated carbocycles. The van der Waals surface area contributed by atoms with Crippen LogP contribution >= 0.6 is 15.9 Å². The molecule has 0 saturated heterocycles. The second kappa shape index (κ2) is 5.71. The molecule has 0 spiro atoms. The molecule has 2 heteroatoms. The standard InChI is InChI=1S/C18H21BrO/c1-12-9-13(2)15(14(3)10-12)11-18(4,20)16-7-5-6-8-17(16)19/h5-10,20H,11H2,1-4H3. The first-order valence-corrected chi connectivity index (χ1v) is 7.64. The van der Waals surface area contributed by atoms with Crippen LogP contribution < -0.4 is 0 Å². The minimum absolute atomic E-state index is 0.619. The minimum atomic E-state index is -0.884. The first-order valence-electron chi connectivity index (χ1n) is 6.85. The second-order valence-electron chi connectivity index (χ2n) is 5.81. The lowest BCUT2D eigenvalue weighted by Crippen LogP contribution is -2.25. The summed E-state index contributed by atoms with van der Waals surface area (Å²) in [5.74, 6) is 0. The fourth-order valence-electron chi connectivity index (χ4n) is 2.83. The molecule has 1 nitrogen and oxygen atoms in total. The van der Waals surface area contributed by atoms with E-state index in [-0.39, 0.29) is 0 Å². The fraction of sp³-hybridized carbons (Fsp3) is 0.333. The molecule has 0 amide bonds. The molecular formula is C18H21BrO. The van der Waals surface area contributed by atoms with Crippen molar-refractivity contribution in [1.82, 2.24) is 0 Å². The van der Waals surface area contributed by atoms with Gasteiger partial charge in [0.25, 0.3) is 0 Å². The van der Waals surface area contributed by atoms with E-state index in [0.717, 1.165) is 10.0 Å². The first kappa shape index (κ1) is 15.3. The molecule has 2 aromatic carbocycles. The molecule has 1 N–H and O–H groups in total. The quantitative estimate of drug-likeness (QED) is 0.853. The Morgan fingerprint density at radius 3 is 2.15 bits per heavy atom. The lowest BCUT2D eigenvalue weighted by molar-refractivity contribution is 0.0565. The van der Waals surface area contributed by atoms with Gasteiger partial charge in [-0.3, -0.25) is 0 Å². The zero-order valence-corrected chi connectivity index (χ0v) is 14.1. The van der Waals surface area contributed by atoms with Gasteiger partial charge >= 0.3 is 0 Å². The van der Waals surface area contributed by atoms with Gasteiger partial charge in [-0.2, -0.15) is 0 Å². The molecule has 0 aromatic heterocycles. The van der Waals surface area contributed by atoms with Gasteiger partial charge < -0.3 is 5.11 Å². The van der Waals surface area contributed by atoms with Gasteiger partial charge in [-0.1, -0.05) is 51.8 Å². The topological polar surface area (TPSA) is 20.2 Å². The van der Waals surface area contributed by atoms with E-state index in [2.05, 4.69) is 48.8 Å². The molecule has 1 unspecified atom stereocenters. The van der Waals surface area contributed by atoms with Crippen LogP contribution in [0.25, 0.3) is 0 Å². The Labute approximate surface area is 129 Å². The minimum Gasteiger partial charge on any atom is -0.385 e. The number of hydrogen-bond donors (Lipinski definition) is 1. The third kappa shape index (κ3) is 3.13. The van der Waals surface area contributed by atoms with Gasteiger partial charge in [-0.25, -0.2) is 0 Å². The van der Waals surface area contributed by atoms with Crippen molar-refractivity contribution in [2.24, 2.45) is 0 Å². The van der Waals surface area contributed by atoms with Gasteiger partial charge in [0.15, 0.2) is 0 Å². The maximum Gasteiger partial charge on any atom is 0.0919 e. The van der Waals surface area contributed by atoms with Crippen LogP contribution in [0.4, 0.5) is 0 Å². The van der Waals surface area contributed by atoms with Crippen LogP contribution in [0.1, 0.15) is 34.7 Å². The van der Waals surface area contributed by atoms with E-state index in [4.69, 9.17) is 0 Å². The summed E-state index contributed by atoms with van der Waals surface area (Å²) in [5.41, 5.74) is 5.04. The molecular weight excluding hydrogens is 312 g/mol. The molecule has 0 heterocycles. The van der Waals surface area contributed by atoms with E-state index in [1.54, 1.807) is 0 Å². The third-order valence-corrected chi connectivity index (χ3v) is 4.51. The summed E-state index contributed by atoms with van der Waals surface area (Å²) in [7, 11) is 0. The molecule has 106 valence electrons. The molecule has 1 atom stereocenters. The molecule has 0 aliphatic heterocycles. The SMILES string of the molecule is Cc1cc(C)c(CC(C)(O)c2ccccc2Br)c(C)c1. The molecule has 0 aliphatic carbocycles. The molecule has 2 aromatic rings. The highest BCUT2D eigenvalue weighted by atomic mass is 79.9. The van der Waals surface area contributed by atoms with Crippen molar-refractivity contribution in [2.45, 2.75) is 39.7 Å². The largest absolute Gasteiger partial charge is 0.385 e. The Kier molecular flexibility index (Phi) is 4.36. The van der Waals surface area contributed by atoms with Crippen LogP contribution in [-0.2, 0) is 12.0 Å². The monoisotopic (exact) mass is 332 g/mol. The predicted octanol–water partition coefficient (Wildman–Crippen LogP) is 4.82. The molecule has 20 heavy (non-hydrogen) atoms. The van der Waals surface area contributed by atoms with Gasteiger partial charge in [0.2, 0.25) is 0 Å². The summed E-state index contributed by atoms with van der Waals surface area (Å²) in [6, 6.07) is 12.2. The molecule has 0 aliphatic rings. The smallest absolute Gasteiger partial charge is 0.0919 e. The lowest BCUT2D eigenvalue weighted by atomic mass is 9.85. The van der Waals surface area contributed by atoms with Crippen molar-refractivity contribution >= 4 is 15.9 Å². The van der Waals surface area contributed by atoms with Crippen molar-refractivity contribution in [2.75, 3.05) is 0 Å². The number of hydrogen-bond acceptors (Lipinski definition) is 1. The van der Waals surface area contributed by atoms with Crippen LogP contribution in [-0.4, -0.2) is 5.11 Å². The third-order valence-electron chi connectivity index (χ3n) is 3.82. The average molecular weight is 333 g/mol. The highest BCUT2D eigenvalue weighted by Crippen LogP contribution is 2.33. The average Bonchev–Trinajstić information content (AvgIpc) is 2.34. The number of halogens is 1. The molecule has 0 radical (unpaired) electrons. The normalized spacial score (nSPS) is 14.1. The van der Waals surface area contributed by atoms with E-state index in [1.807, 2.05) is 31.2 Å². The number of benzene rings is 2. The fourth-order valence-corrected chi connectivity index (χ4v) is 3.54. The van der Waals surface area contributed by atoms with Crippen molar-refractivity contribution in [3.8, 4) is 0 Å². The number of rotatable bonds is 3. The summed E-state index contributed by atoms with van der Waals surface area (Å²) >= 11 is 3.53. The summed E-state index contributed by atoms with van der Waals surface area (Å²) in [6.45, 7) is 8.22. The van der Waals surface area contributed by atoms with E-state index in [1.165, 1.54) is 22.3 Å². The van der Waals surface area contributed by atoms with E-state index in [9.17, 15) is 5.11 Å². The van der Waals surface area contributed by atoms with Crippen LogP contribution in [0.3, 0.4) is 0 Å². The van der Waals surface area contributed by atoms with Crippen LogP contribution in [0.2, 0.25) is 0 Å². The first-order chi connectivity index (χ1) is 9.31. The van der Waals surface area contributed by atoms with E-state index in [0.29, 0.717) is 6.42 Å². The summed E-state index contributed by atoms with van der Waals surface area (Å²) in [4.78, 5) is 0. The van der Waals surface area contributed by atoms with Crippen molar-refractivity contribution in [3.63, 3.8) is 0 Å². The van der Waals surface area contributed by atoms with E-state index >= 15 is 0 Å². The highest BCUT2D eigenvalue weighted by Gasteiger charge is 2.27. The lowest BCUT2D eigenvalue weighted by Gasteiger charge is -2.27. The Morgan fingerprint density at radius 2 is 1.60 bits per heavy atom. The van der Waals surface area contributed by atoms with Gasteiger partial charge in [0.1, 0.15) is 0 Å². The maximum absolute atomic E-state index is 10.9. The summed E-state index contributed by atoms with van der Waals surface area (Å²) in [5, 5.41) is 10.9. The van der Waals surface area contributed by atoms with Gasteiger partial charge in [0.05, 0.1) is 5.60 Å².